The van der Waals surface area contributed by atoms with Gasteiger partial charge in [0.15, 0.2) is 0 Å². The average molecular weight is 293 g/mol. The lowest BCUT2D eigenvalue weighted by molar-refractivity contribution is -0.801. The zero-order valence-electron chi connectivity index (χ0n) is 12.2. The molecule has 2 aromatic carbocycles. The molecular weight excluding hydrogens is 272 g/mol. The third kappa shape index (κ3) is 2.94. The Bertz CT molecular complexity index is 594. The summed E-state index contributed by atoms with van der Waals surface area (Å²) < 4.78 is 5.40. The second-order valence-electron chi connectivity index (χ2n) is 4.55. The monoisotopic (exact) mass is 292 g/mol. The quantitative estimate of drug-likeness (QED) is 0.556. The molecule has 108 valence electrons. The van der Waals surface area contributed by atoms with Gasteiger partial charge in [-0.05, 0) is 26.0 Å². The van der Waals surface area contributed by atoms with Crippen molar-refractivity contribution in [3.63, 3.8) is 0 Å². The van der Waals surface area contributed by atoms with Crippen molar-refractivity contribution in [2.45, 2.75) is 13.8 Å². The number of nitrogens with one attached hydrogen (secondary N) is 2. The van der Waals surface area contributed by atoms with E-state index in [-0.39, 0.29) is 12.4 Å². The van der Waals surface area contributed by atoms with Crippen LogP contribution in [0.4, 0.5) is 0 Å². The van der Waals surface area contributed by atoms with Crippen LogP contribution in [-0.2, 0) is 0 Å². The fourth-order valence-electron chi connectivity index (χ4n) is 2.46. The minimum Gasteiger partial charge on any atom is -1.00 e. The van der Waals surface area contributed by atoms with Crippen LogP contribution in [0, 0.1) is 5.41 Å². The molecule has 0 aliphatic rings. The maximum absolute atomic E-state index is 8.42. The second kappa shape index (κ2) is 7.27. The van der Waals surface area contributed by atoms with E-state index in [2.05, 4.69) is 19.9 Å². The SMILES string of the molecule is CC[NH+](CC)C(=N)c1ccc(OC)c2ccccc12.[Cl-]. The van der Waals surface area contributed by atoms with E-state index in [1.807, 2.05) is 30.3 Å². The first-order valence-electron chi connectivity index (χ1n) is 6.72. The molecule has 0 bridgehead atoms. The molecule has 20 heavy (non-hydrogen) atoms. The van der Waals surface area contributed by atoms with Gasteiger partial charge in [0, 0.05) is 10.8 Å². The van der Waals surface area contributed by atoms with E-state index in [0.29, 0.717) is 5.84 Å². The highest BCUT2D eigenvalue weighted by atomic mass is 35.5. The number of halogens is 1. The van der Waals surface area contributed by atoms with Gasteiger partial charge < -0.3 is 17.1 Å². The van der Waals surface area contributed by atoms with Crippen molar-refractivity contribution in [1.82, 2.24) is 0 Å². The maximum atomic E-state index is 8.42. The van der Waals surface area contributed by atoms with E-state index >= 15 is 0 Å². The van der Waals surface area contributed by atoms with Crippen molar-refractivity contribution in [2.24, 2.45) is 0 Å². The van der Waals surface area contributed by atoms with E-state index in [4.69, 9.17) is 10.1 Å². The van der Waals surface area contributed by atoms with Gasteiger partial charge in [-0.15, -0.1) is 0 Å². The Hall–Kier alpha value is -1.58. The number of hydrogen-bond donors (Lipinski definition) is 2. The first-order valence-corrected chi connectivity index (χ1v) is 6.72. The number of hydrogen-bond acceptors (Lipinski definition) is 2. The molecule has 0 unspecified atom stereocenters. The number of amidine groups is 1. The van der Waals surface area contributed by atoms with Gasteiger partial charge in [-0.1, -0.05) is 24.3 Å². The Morgan fingerprint density at radius 2 is 1.65 bits per heavy atom. The summed E-state index contributed by atoms with van der Waals surface area (Å²) in [7, 11) is 1.68. The third-order valence-corrected chi connectivity index (χ3v) is 3.58. The highest BCUT2D eigenvalue weighted by Gasteiger charge is 2.17. The number of rotatable bonds is 4. The van der Waals surface area contributed by atoms with Gasteiger partial charge in [-0.3, -0.25) is 10.3 Å². The summed E-state index contributed by atoms with van der Waals surface area (Å²) in [6.07, 6.45) is 0. The fourth-order valence-corrected chi connectivity index (χ4v) is 2.46. The summed E-state index contributed by atoms with van der Waals surface area (Å²) in [4.78, 5) is 1.19. The molecule has 0 radical (unpaired) electrons. The normalized spacial score (nSPS) is 10.4. The van der Waals surface area contributed by atoms with E-state index < -0.39 is 0 Å². The van der Waals surface area contributed by atoms with Crippen LogP contribution in [0.5, 0.6) is 5.75 Å². The fraction of sp³-hybridized carbons (Fsp3) is 0.312. The zero-order valence-corrected chi connectivity index (χ0v) is 12.9. The number of ether oxygens (including phenoxy) is 1. The molecule has 0 amide bonds. The van der Waals surface area contributed by atoms with Gasteiger partial charge in [-0.2, -0.15) is 0 Å². The van der Waals surface area contributed by atoms with Crippen molar-refractivity contribution < 1.29 is 22.0 Å². The van der Waals surface area contributed by atoms with Gasteiger partial charge >= 0.3 is 0 Å². The molecule has 0 saturated carbocycles. The summed E-state index contributed by atoms with van der Waals surface area (Å²) in [5.41, 5.74) is 0.995. The Morgan fingerprint density at radius 1 is 1.05 bits per heavy atom. The van der Waals surface area contributed by atoms with Crippen LogP contribution in [0.25, 0.3) is 10.8 Å². The summed E-state index contributed by atoms with van der Waals surface area (Å²) in [5, 5.41) is 10.6. The number of methoxy groups -OCH3 is 1. The van der Waals surface area contributed by atoms with Crippen LogP contribution in [0.1, 0.15) is 19.4 Å². The molecule has 4 heteroatoms. The smallest absolute Gasteiger partial charge is 0.226 e. The lowest BCUT2D eigenvalue weighted by Gasteiger charge is -2.17. The van der Waals surface area contributed by atoms with Crippen LogP contribution < -0.4 is 22.0 Å². The standard InChI is InChI=1S/C16H20N2O.ClH/c1-4-18(5-2)16(17)14-10-11-15(19-3)13-9-7-6-8-12(13)14;/h6-11,17H,4-5H2,1-3H3;1H. The van der Waals surface area contributed by atoms with Gasteiger partial charge in [0.05, 0.1) is 25.8 Å². The molecule has 0 spiro atoms. The van der Waals surface area contributed by atoms with Crippen molar-refractivity contribution >= 4 is 16.6 Å². The number of benzene rings is 2. The predicted molar refractivity (Wildman–Crippen MR) is 79.4 cm³/mol. The Kier molecular flexibility index (Phi) is 5.99. The number of quaternary nitrogens is 1. The predicted octanol–water partition coefficient (Wildman–Crippen LogP) is -0.898. The molecule has 0 saturated heterocycles. The molecule has 0 aromatic heterocycles. The summed E-state index contributed by atoms with van der Waals surface area (Å²) in [6.45, 7) is 6.07. The summed E-state index contributed by atoms with van der Waals surface area (Å²) in [5.74, 6) is 1.52. The largest absolute Gasteiger partial charge is 1.00 e. The molecule has 2 N–H and O–H groups in total. The summed E-state index contributed by atoms with van der Waals surface area (Å²) >= 11 is 0. The van der Waals surface area contributed by atoms with E-state index in [1.54, 1.807) is 7.11 Å². The van der Waals surface area contributed by atoms with Gasteiger partial charge in [0.25, 0.3) is 0 Å². The van der Waals surface area contributed by atoms with Gasteiger partial charge in [-0.25, -0.2) is 0 Å². The Labute approximate surface area is 126 Å². The average Bonchev–Trinajstić information content (AvgIpc) is 2.47. The molecule has 0 aliphatic carbocycles. The van der Waals surface area contributed by atoms with Crippen LogP contribution in [-0.4, -0.2) is 26.0 Å². The topological polar surface area (TPSA) is 37.5 Å². The van der Waals surface area contributed by atoms with Crippen LogP contribution in [0.2, 0.25) is 0 Å². The lowest BCUT2D eigenvalue weighted by atomic mass is 10.0. The first kappa shape index (κ1) is 16.5. The van der Waals surface area contributed by atoms with Crippen molar-refractivity contribution in [3.8, 4) is 5.75 Å². The number of fused-ring (bicyclic) bond motifs is 1. The highest BCUT2D eigenvalue weighted by Crippen LogP contribution is 2.27. The van der Waals surface area contributed by atoms with Crippen molar-refractivity contribution in [1.29, 1.82) is 5.41 Å². The minimum atomic E-state index is 0. The molecule has 0 heterocycles. The van der Waals surface area contributed by atoms with Crippen LogP contribution in [0.3, 0.4) is 0 Å². The lowest BCUT2D eigenvalue weighted by Crippen LogP contribution is -3.14. The van der Waals surface area contributed by atoms with Crippen molar-refractivity contribution in [2.75, 3.05) is 20.2 Å². The first-order chi connectivity index (χ1) is 9.22. The molecule has 3 nitrogen and oxygen atoms in total. The molecule has 2 aromatic rings. The van der Waals surface area contributed by atoms with E-state index in [9.17, 15) is 0 Å². The molecule has 0 fully saturated rings. The van der Waals surface area contributed by atoms with Crippen LogP contribution >= 0.6 is 0 Å². The van der Waals surface area contributed by atoms with E-state index in [0.717, 1.165) is 35.2 Å². The van der Waals surface area contributed by atoms with Gasteiger partial charge in [0.2, 0.25) is 5.84 Å². The molecule has 2 rings (SSSR count). The van der Waals surface area contributed by atoms with E-state index in [1.165, 1.54) is 4.90 Å². The summed E-state index contributed by atoms with van der Waals surface area (Å²) in [6, 6.07) is 12.1. The van der Waals surface area contributed by atoms with Crippen LogP contribution in [0.15, 0.2) is 36.4 Å². The second-order valence-corrected chi connectivity index (χ2v) is 4.55. The molecular formula is C16H21ClN2O. The Balaban J connectivity index is 0.00000200. The minimum absolute atomic E-state index is 0. The highest BCUT2D eigenvalue weighted by molar-refractivity contribution is 6.06. The maximum Gasteiger partial charge on any atom is 0.226 e. The zero-order chi connectivity index (χ0) is 13.8. The third-order valence-electron chi connectivity index (χ3n) is 3.58. The van der Waals surface area contributed by atoms with Gasteiger partial charge in [0.1, 0.15) is 5.75 Å². The molecule has 0 aliphatic heterocycles. The van der Waals surface area contributed by atoms with Crippen molar-refractivity contribution in [3.05, 3.63) is 42.0 Å². The molecule has 0 atom stereocenters. The Morgan fingerprint density at radius 3 is 2.20 bits per heavy atom.